The van der Waals surface area contributed by atoms with E-state index in [0.29, 0.717) is 10.7 Å². The highest BCUT2D eigenvalue weighted by atomic mass is 32.1. The standard InChI is InChI=1S/C23H19FN4O4S/c1-3-4-20-27-28-23(33-20)26-21(29)16(13-25)11-14-5-10-18(19(12-14)31-2)32-22(30)15-6-8-17(24)9-7-15/h5-12H,3-4H2,1-2H3,(H,26,28,29)/b16-11-. The summed E-state index contributed by atoms with van der Waals surface area (Å²) >= 11 is 1.25. The molecule has 0 aliphatic carbocycles. The molecule has 0 saturated heterocycles. The van der Waals surface area contributed by atoms with E-state index in [2.05, 4.69) is 15.5 Å². The fraction of sp³-hybridized carbons (Fsp3) is 0.174. The summed E-state index contributed by atoms with van der Waals surface area (Å²) in [6.45, 7) is 2.01. The van der Waals surface area contributed by atoms with Gasteiger partial charge in [0.05, 0.1) is 12.7 Å². The van der Waals surface area contributed by atoms with Crippen molar-refractivity contribution in [3.63, 3.8) is 0 Å². The normalized spacial score (nSPS) is 10.9. The lowest BCUT2D eigenvalue weighted by molar-refractivity contribution is -0.112. The van der Waals surface area contributed by atoms with Crippen molar-refractivity contribution in [2.75, 3.05) is 12.4 Å². The highest BCUT2D eigenvalue weighted by Gasteiger charge is 2.15. The molecule has 33 heavy (non-hydrogen) atoms. The molecule has 1 N–H and O–H groups in total. The van der Waals surface area contributed by atoms with E-state index >= 15 is 0 Å². The van der Waals surface area contributed by atoms with E-state index in [1.165, 1.54) is 48.8 Å². The Morgan fingerprint density at radius 1 is 1.18 bits per heavy atom. The average Bonchev–Trinajstić information content (AvgIpc) is 3.25. The first-order valence-corrected chi connectivity index (χ1v) is 10.7. The molecule has 168 valence electrons. The molecule has 0 atom stereocenters. The van der Waals surface area contributed by atoms with Gasteiger partial charge in [0, 0.05) is 6.42 Å². The van der Waals surface area contributed by atoms with Crippen molar-refractivity contribution in [2.45, 2.75) is 19.8 Å². The zero-order chi connectivity index (χ0) is 23.8. The van der Waals surface area contributed by atoms with E-state index in [9.17, 15) is 19.2 Å². The van der Waals surface area contributed by atoms with Crippen LogP contribution in [-0.2, 0) is 11.2 Å². The lowest BCUT2D eigenvalue weighted by Crippen LogP contribution is -2.13. The van der Waals surface area contributed by atoms with Gasteiger partial charge in [0.25, 0.3) is 5.91 Å². The molecule has 0 aliphatic heterocycles. The van der Waals surface area contributed by atoms with Gasteiger partial charge in [0.15, 0.2) is 11.5 Å². The van der Waals surface area contributed by atoms with Crippen molar-refractivity contribution in [1.82, 2.24) is 10.2 Å². The number of nitrogens with zero attached hydrogens (tertiary/aromatic N) is 3. The summed E-state index contributed by atoms with van der Waals surface area (Å²) in [5, 5.41) is 21.0. The number of anilines is 1. The van der Waals surface area contributed by atoms with Crippen molar-refractivity contribution < 1.29 is 23.5 Å². The van der Waals surface area contributed by atoms with E-state index in [1.54, 1.807) is 6.07 Å². The summed E-state index contributed by atoms with van der Waals surface area (Å²) in [6.07, 6.45) is 3.03. The molecule has 1 heterocycles. The predicted molar refractivity (Wildman–Crippen MR) is 120 cm³/mol. The Balaban J connectivity index is 1.76. The fourth-order valence-corrected chi connectivity index (χ4v) is 3.54. The molecule has 0 radical (unpaired) electrons. The number of methoxy groups -OCH3 is 1. The molecule has 8 nitrogen and oxygen atoms in total. The van der Waals surface area contributed by atoms with Crippen molar-refractivity contribution in [3.05, 3.63) is 70.0 Å². The maximum Gasteiger partial charge on any atom is 0.343 e. The number of esters is 1. The Morgan fingerprint density at radius 3 is 2.61 bits per heavy atom. The zero-order valence-electron chi connectivity index (χ0n) is 17.8. The highest BCUT2D eigenvalue weighted by Crippen LogP contribution is 2.30. The number of ether oxygens (including phenoxy) is 2. The van der Waals surface area contributed by atoms with Crippen molar-refractivity contribution in [2.24, 2.45) is 0 Å². The summed E-state index contributed by atoms with van der Waals surface area (Å²) in [5.41, 5.74) is 0.494. The van der Waals surface area contributed by atoms with Crippen LogP contribution in [0.4, 0.5) is 9.52 Å². The van der Waals surface area contributed by atoms with Gasteiger partial charge in [-0.25, -0.2) is 9.18 Å². The summed E-state index contributed by atoms with van der Waals surface area (Å²) in [4.78, 5) is 24.8. The Labute approximate surface area is 193 Å². The minimum atomic E-state index is -0.687. The van der Waals surface area contributed by atoms with Gasteiger partial charge in [-0.3, -0.25) is 10.1 Å². The molecule has 1 amide bonds. The number of amides is 1. The van der Waals surface area contributed by atoms with E-state index in [-0.39, 0.29) is 22.6 Å². The molecule has 0 aliphatic rings. The molecule has 1 aromatic heterocycles. The predicted octanol–water partition coefficient (Wildman–Crippen LogP) is 4.40. The first-order chi connectivity index (χ1) is 15.9. The van der Waals surface area contributed by atoms with Crippen LogP contribution in [0.25, 0.3) is 6.08 Å². The molecular weight excluding hydrogens is 447 g/mol. The zero-order valence-corrected chi connectivity index (χ0v) is 18.6. The van der Waals surface area contributed by atoms with Crippen molar-refractivity contribution >= 4 is 34.4 Å². The van der Waals surface area contributed by atoms with Gasteiger partial charge in [-0.05, 0) is 54.5 Å². The summed E-state index contributed by atoms with van der Waals surface area (Å²) in [5.74, 6) is -1.43. The second kappa shape index (κ2) is 11.0. The van der Waals surface area contributed by atoms with Gasteiger partial charge in [-0.2, -0.15) is 5.26 Å². The number of halogens is 1. The maximum absolute atomic E-state index is 13.0. The number of carbonyl (C=O) groups excluding carboxylic acids is 2. The number of rotatable bonds is 8. The number of aromatic nitrogens is 2. The third-order valence-electron chi connectivity index (χ3n) is 4.30. The maximum atomic E-state index is 13.0. The van der Waals surface area contributed by atoms with Gasteiger partial charge < -0.3 is 9.47 Å². The molecule has 3 aromatic rings. The third kappa shape index (κ3) is 6.21. The molecule has 3 rings (SSSR count). The van der Waals surface area contributed by atoms with Crippen LogP contribution in [0, 0.1) is 17.1 Å². The molecule has 0 bridgehead atoms. The number of nitriles is 1. The summed E-state index contributed by atoms with van der Waals surface area (Å²) in [7, 11) is 1.39. The number of hydrogen-bond donors (Lipinski definition) is 1. The van der Waals surface area contributed by atoms with Gasteiger partial charge in [-0.1, -0.05) is 24.3 Å². The van der Waals surface area contributed by atoms with Crippen LogP contribution in [0.15, 0.2) is 48.0 Å². The smallest absolute Gasteiger partial charge is 0.343 e. The Hall–Kier alpha value is -4.10. The Morgan fingerprint density at radius 2 is 1.94 bits per heavy atom. The third-order valence-corrected chi connectivity index (χ3v) is 5.20. The number of aryl methyl sites for hydroxylation is 1. The highest BCUT2D eigenvalue weighted by molar-refractivity contribution is 7.15. The molecule has 0 spiro atoms. The van der Waals surface area contributed by atoms with Crippen LogP contribution < -0.4 is 14.8 Å². The van der Waals surface area contributed by atoms with E-state index in [0.717, 1.165) is 30.0 Å². The van der Waals surface area contributed by atoms with Crippen molar-refractivity contribution in [3.8, 4) is 17.6 Å². The number of hydrogen-bond acceptors (Lipinski definition) is 8. The first-order valence-electron chi connectivity index (χ1n) is 9.84. The van der Waals surface area contributed by atoms with Crippen LogP contribution in [0.2, 0.25) is 0 Å². The van der Waals surface area contributed by atoms with Crippen LogP contribution in [-0.4, -0.2) is 29.2 Å². The van der Waals surface area contributed by atoms with Crippen LogP contribution in [0.3, 0.4) is 0 Å². The van der Waals surface area contributed by atoms with E-state index in [4.69, 9.17) is 9.47 Å². The minimum Gasteiger partial charge on any atom is -0.493 e. The second-order valence-electron chi connectivity index (χ2n) is 6.68. The van der Waals surface area contributed by atoms with E-state index in [1.807, 2.05) is 13.0 Å². The summed E-state index contributed by atoms with van der Waals surface area (Å²) in [6, 6.07) is 11.3. The van der Waals surface area contributed by atoms with Crippen LogP contribution in [0.1, 0.15) is 34.3 Å². The fourth-order valence-electron chi connectivity index (χ4n) is 2.70. The molecular formula is C23H19FN4O4S. The van der Waals surface area contributed by atoms with Gasteiger partial charge in [0.2, 0.25) is 5.13 Å². The average molecular weight is 466 g/mol. The summed E-state index contributed by atoms with van der Waals surface area (Å²) < 4.78 is 23.7. The topological polar surface area (TPSA) is 114 Å². The molecule has 0 saturated carbocycles. The van der Waals surface area contributed by atoms with Crippen molar-refractivity contribution in [1.29, 1.82) is 5.26 Å². The second-order valence-corrected chi connectivity index (χ2v) is 7.74. The molecule has 2 aromatic carbocycles. The quantitative estimate of drug-likeness (QED) is 0.226. The number of carbonyl (C=O) groups is 2. The molecule has 10 heteroatoms. The minimum absolute atomic E-state index is 0.129. The monoisotopic (exact) mass is 466 g/mol. The largest absolute Gasteiger partial charge is 0.493 e. The van der Waals surface area contributed by atoms with Crippen LogP contribution >= 0.6 is 11.3 Å². The lowest BCUT2D eigenvalue weighted by atomic mass is 10.1. The Bertz CT molecular complexity index is 1230. The molecule has 0 unspecified atom stereocenters. The van der Waals surface area contributed by atoms with E-state index < -0.39 is 17.7 Å². The first kappa shape index (κ1) is 23.6. The Kier molecular flexibility index (Phi) is 7.83. The SMILES string of the molecule is CCCc1nnc(NC(=O)/C(C#N)=C\c2ccc(OC(=O)c3ccc(F)cc3)c(OC)c2)s1. The number of benzene rings is 2. The van der Waals surface area contributed by atoms with Gasteiger partial charge >= 0.3 is 5.97 Å². The number of nitrogens with one attached hydrogen (secondary N) is 1. The lowest BCUT2D eigenvalue weighted by Gasteiger charge is -2.10. The molecule has 0 fully saturated rings. The van der Waals surface area contributed by atoms with Gasteiger partial charge in [0.1, 0.15) is 22.5 Å². The van der Waals surface area contributed by atoms with Crippen LogP contribution in [0.5, 0.6) is 11.5 Å². The van der Waals surface area contributed by atoms with Gasteiger partial charge in [-0.15, -0.1) is 10.2 Å².